The van der Waals surface area contributed by atoms with Gasteiger partial charge in [-0.2, -0.15) is 0 Å². The van der Waals surface area contributed by atoms with Gasteiger partial charge in [0.1, 0.15) is 5.02 Å². The lowest BCUT2D eigenvalue weighted by atomic mass is 10.3. The maximum Gasteiger partial charge on any atom is 0.359 e. The van der Waals surface area contributed by atoms with Crippen LogP contribution in [0.4, 0.5) is 17.1 Å². The molecule has 0 spiro atoms. The second-order valence-corrected chi connectivity index (χ2v) is 6.36. The smallest absolute Gasteiger partial charge is 0.359 e. The molecule has 1 aromatic carbocycles. The van der Waals surface area contributed by atoms with Crippen molar-refractivity contribution in [2.24, 2.45) is 0 Å². The van der Waals surface area contributed by atoms with E-state index >= 15 is 0 Å². The molecule has 1 amide bonds. The van der Waals surface area contributed by atoms with Gasteiger partial charge in [-0.3, -0.25) is 14.9 Å². The molecule has 1 aromatic heterocycles. The Morgan fingerprint density at radius 3 is 2.48 bits per heavy atom. The van der Waals surface area contributed by atoms with Gasteiger partial charge < -0.3 is 15.8 Å². The predicted octanol–water partition coefficient (Wildman–Crippen LogP) is 3.98. The van der Waals surface area contributed by atoms with Gasteiger partial charge in [0.15, 0.2) is 17.5 Å². The first-order chi connectivity index (χ1) is 12.6. The van der Waals surface area contributed by atoms with E-state index in [1.165, 1.54) is 6.07 Å². The molecule has 1 heterocycles. The van der Waals surface area contributed by atoms with Crippen molar-refractivity contribution in [1.82, 2.24) is 4.98 Å². The number of nitrogens with zero attached hydrogens (tertiary/aromatic N) is 2. The number of ether oxygens (including phenoxy) is 1. The zero-order valence-corrected chi connectivity index (χ0v) is 16.0. The van der Waals surface area contributed by atoms with E-state index in [2.05, 4.69) is 10.3 Å². The maximum atomic E-state index is 12.0. The second-order valence-electron chi connectivity index (χ2n) is 4.84. The lowest BCUT2D eigenvalue weighted by molar-refractivity contribution is -0.384. The molecular weight excluding hydrogens is 446 g/mol. The van der Waals surface area contributed by atoms with Gasteiger partial charge in [-0.05, 0) is 6.07 Å². The summed E-state index contributed by atoms with van der Waals surface area (Å²) in [6.45, 7) is -0.718. The number of pyridine rings is 1. The van der Waals surface area contributed by atoms with E-state index in [0.717, 1.165) is 12.1 Å². The van der Waals surface area contributed by atoms with Crippen LogP contribution >= 0.6 is 46.4 Å². The molecule has 0 aliphatic carbocycles. The largest absolute Gasteiger partial charge is 0.451 e. The van der Waals surface area contributed by atoms with Crippen molar-refractivity contribution in [2.45, 2.75) is 0 Å². The number of nitro groups is 1. The van der Waals surface area contributed by atoms with Crippen molar-refractivity contribution in [3.05, 3.63) is 54.2 Å². The lowest BCUT2D eigenvalue weighted by Gasteiger charge is -2.10. The van der Waals surface area contributed by atoms with Gasteiger partial charge in [-0.25, -0.2) is 9.78 Å². The first-order valence-corrected chi connectivity index (χ1v) is 8.34. The maximum absolute atomic E-state index is 12.0. The third-order valence-corrected chi connectivity index (χ3v) is 4.49. The minimum atomic E-state index is -1.06. The number of anilines is 2. The summed E-state index contributed by atoms with van der Waals surface area (Å²) in [6.07, 6.45) is 0. The van der Waals surface area contributed by atoms with Crippen molar-refractivity contribution < 1.29 is 19.2 Å². The summed E-state index contributed by atoms with van der Waals surface area (Å²) in [5, 5.41) is 12.3. The highest BCUT2D eigenvalue weighted by Gasteiger charge is 2.22. The SMILES string of the molecule is Nc1c(Cl)c(Cl)nc(C(=O)OCC(=O)Nc2ccc([N+](=O)[O-])cc2Cl)c1Cl. The molecule has 142 valence electrons. The van der Waals surface area contributed by atoms with E-state index in [-0.39, 0.29) is 37.3 Å². The Morgan fingerprint density at radius 2 is 1.89 bits per heavy atom. The Kier molecular flexibility index (Phi) is 6.66. The summed E-state index contributed by atoms with van der Waals surface area (Å²) in [5.74, 6) is -1.82. The number of nitro benzene ring substituents is 1. The van der Waals surface area contributed by atoms with Gasteiger partial charge in [0.25, 0.3) is 11.6 Å². The molecule has 0 atom stereocenters. The average Bonchev–Trinajstić information content (AvgIpc) is 2.62. The quantitative estimate of drug-likeness (QED) is 0.302. The number of hydrogen-bond acceptors (Lipinski definition) is 7. The molecule has 0 bridgehead atoms. The summed E-state index contributed by atoms with van der Waals surface area (Å²) >= 11 is 23.2. The van der Waals surface area contributed by atoms with Crippen LogP contribution in [-0.4, -0.2) is 28.4 Å². The summed E-state index contributed by atoms with van der Waals surface area (Å²) < 4.78 is 4.79. The molecule has 27 heavy (non-hydrogen) atoms. The summed E-state index contributed by atoms with van der Waals surface area (Å²) in [7, 11) is 0. The summed E-state index contributed by atoms with van der Waals surface area (Å²) in [4.78, 5) is 37.6. The number of nitrogen functional groups attached to an aromatic ring is 1. The van der Waals surface area contributed by atoms with Crippen LogP contribution in [0.5, 0.6) is 0 Å². The monoisotopic (exact) mass is 452 g/mol. The van der Waals surface area contributed by atoms with Crippen LogP contribution in [0.2, 0.25) is 20.2 Å². The molecular formula is C14H8Cl4N4O5. The molecule has 3 N–H and O–H groups in total. The first kappa shape index (κ1) is 21.0. The molecule has 0 saturated heterocycles. The molecule has 0 unspecified atom stereocenters. The number of aromatic nitrogens is 1. The number of carbonyl (C=O) groups is 2. The Bertz CT molecular complexity index is 954. The predicted molar refractivity (Wildman–Crippen MR) is 101 cm³/mol. The standard InChI is InChI=1S/C14H8Cl4N4O5/c15-6-3-5(22(25)26)1-2-7(6)20-8(23)4-27-14(24)12-9(16)11(19)10(17)13(18)21-12/h1-3H,4H2,(H2,19,21)(H,20,23). The topological polar surface area (TPSA) is 137 Å². The normalized spacial score (nSPS) is 10.4. The highest BCUT2D eigenvalue weighted by Crippen LogP contribution is 2.34. The van der Waals surface area contributed by atoms with E-state index in [0.29, 0.717) is 0 Å². The molecule has 2 rings (SSSR count). The van der Waals surface area contributed by atoms with E-state index < -0.39 is 29.1 Å². The van der Waals surface area contributed by atoms with Crippen molar-refractivity contribution >= 4 is 75.3 Å². The number of benzene rings is 1. The highest BCUT2D eigenvalue weighted by atomic mass is 35.5. The Labute approximate surface area is 171 Å². The number of non-ortho nitro benzene ring substituents is 1. The van der Waals surface area contributed by atoms with Crippen LogP contribution in [-0.2, 0) is 9.53 Å². The minimum Gasteiger partial charge on any atom is -0.451 e. The van der Waals surface area contributed by atoms with Gasteiger partial charge in [0.2, 0.25) is 0 Å². The van der Waals surface area contributed by atoms with E-state index in [1.54, 1.807) is 0 Å². The average molecular weight is 454 g/mol. The summed E-state index contributed by atoms with van der Waals surface area (Å²) in [5.41, 5.74) is 4.87. The van der Waals surface area contributed by atoms with Crippen LogP contribution in [0.25, 0.3) is 0 Å². The number of esters is 1. The molecule has 0 aliphatic heterocycles. The lowest BCUT2D eigenvalue weighted by Crippen LogP contribution is -2.22. The number of rotatable bonds is 5. The van der Waals surface area contributed by atoms with E-state index in [9.17, 15) is 19.7 Å². The van der Waals surface area contributed by atoms with Crippen LogP contribution < -0.4 is 11.1 Å². The van der Waals surface area contributed by atoms with Crippen molar-refractivity contribution in [3.8, 4) is 0 Å². The fourth-order valence-electron chi connectivity index (χ4n) is 1.77. The van der Waals surface area contributed by atoms with Crippen molar-refractivity contribution in [2.75, 3.05) is 17.7 Å². The zero-order chi connectivity index (χ0) is 20.3. The van der Waals surface area contributed by atoms with Crippen LogP contribution in [0.15, 0.2) is 18.2 Å². The first-order valence-electron chi connectivity index (χ1n) is 6.82. The van der Waals surface area contributed by atoms with Gasteiger partial charge in [-0.1, -0.05) is 46.4 Å². The zero-order valence-electron chi connectivity index (χ0n) is 13.0. The number of amides is 1. The third kappa shape index (κ3) is 4.89. The number of carbonyl (C=O) groups excluding carboxylic acids is 2. The van der Waals surface area contributed by atoms with Gasteiger partial charge >= 0.3 is 5.97 Å². The molecule has 2 aromatic rings. The Balaban J connectivity index is 2.04. The van der Waals surface area contributed by atoms with Gasteiger partial charge in [-0.15, -0.1) is 0 Å². The second kappa shape index (κ2) is 8.57. The highest BCUT2D eigenvalue weighted by molar-refractivity contribution is 6.46. The Morgan fingerprint density at radius 1 is 1.22 bits per heavy atom. The minimum absolute atomic E-state index is 0.0640. The number of hydrogen-bond donors (Lipinski definition) is 2. The molecule has 0 aliphatic rings. The fourth-order valence-corrected chi connectivity index (χ4v) is 2.58. The van der Waals surface area contributed by atoms with Crippen molar-refractivity contribution in [1.29, 1.82) is 0 Å². The molecule has 13 heteroatoms. The van der Waals surface area contributed by atoms with E-state index in [1.807, 2.05) is 0 Å². The molecule has 0 fully saturated rings. The van der Waals surface area contributed by atoms with Gasteiger partial charge in [0.05, 0.1) is 26.3 Å². The third-order valence-electron chi connectivity index (χ3n) is 3.04. The van der Waals surface area contributed by atoms with Crippen LogP contribution in [0.3, 0.4) is 0 Å². The molecule has 0 saturated carbocycles. The van der Waals surface area contributed by atoms with Crippen LogP contribution in [0.1, 0.15) is 10.5 Å². The Hall–Kier alpha value is -2.33. The number of halogens is 4. The van der Waals surface area contributed by atoms with Crippen molar-refractivity contribution in [3.63, 3.8) is 0 Å². The number of nitrogens with one attached hydrogen (secondary N) is 1. The van der Waals surface area contributed by atoms with E-state index in [4.69, 9.17) is 56.9 Å². The fraction of sp³-hybridized carbons (Fsp3) is 0.0714. The number of nitrogens with two attached hydrogens (primary N) is 1. The summed E-state index contributed by atoms with van der Waals surface area (Å²) in [6, 6.07) is 3.44. The molecule has 0 radical (unpaired) electrons. The molecule has 9 nitrogen and oxygen atoms in total. The van der Waals surface area contributed by atoms with Gasteiger partial charge in [0, 0.05) is 12.1 Å². The van der Waals surface area contributed by atoms with Crippen LogP contribution in [0, 0.1) is 10.1 Å².